The summed E-state index contributed by atoms with van der Waals surface area (Å²) in [5.41, 5.74) is 9.98. The van der Waals surface area contributed by atoms with Gasteiger partial charge in [-0.15, -0.1) is 10.2 Å². The molecule has 0 amide bonds. The van der Waals surface area contributed by atoms with E-state index in [0.29, 0.717) is 28.7 Å². The Labute approximate surface area is 234 Å². The van der Waals surface area contributed by atoms with Gasteiger partial charge in [0.05, 0.1) is 11.4 Å². The molecule has 3 aliphatic rings. The molecule has 2 aromatic carbocycles. The summed E-state index contributed by atoms with van der Waals surface area (Å²) in [5, 5.41) is 12.8. The van der Waals surface area contributed by atoms with E-state index < -0.39 is 0 Å². The number of methoxy groups -OCH3 is 1. The summed E-state index contributed by atoms with van der Waals surface area (Å²) in [6, 6.07) is 16.6. The van der Waals surface area contributed by atoms with Gasteiger partial charge in [0.1, 0.15) is 17.6 Å². The van der Waals surface area contributed by atoms with Crippen LogP contribution in [0.1, 0.15) is 25.7 Å². The van der Waals surface area contributed by atoms with Gasteiger partial charge in [0, 0.05) is 54.6 Å². The second-order valence-corrected chi connectivity index (χ2v) is 10.9. The first-order valence-electron chi connectivity index (χ1n) is 13.6. The van der Waals surface area contributed by atoms with Crippen LogP contribution in [-0.2, 0) is 4.74 Å². The van der Waals surface area contributed by atoms with Gasteiger partial charge in [0.2, 0.25) is 0 Å². The lowest BCUT2D eigenvalue weighted by Gasteiger charge is -2.43. The second-order valence-electron chi connectivity index (χ2n) is 10.5. The van der Waals surface area contributed by atoms with Crippen molar-refractivity contribution in [2.45, 2.75) is 43.9 Å². The van der Waals surface area contributed by atoms with E-state index in [-0.39, 0.29) is 12.9 Å². The molecule has 0 saturated carbocycles. The van der Waals surface area contributed by atoms with Crippen LogP contribution in [0.15, 0.2) is 48.5 Å². The molecule has 3 N–H and O–H groups in total. The number of nitrogen functional groups attached to an aromatic ring is 1. The SMILES string of the molecule is COCOc1ccccc1-c1cc(N2C[C@H]3CC[C@@H](C2)N3c2cc(Cl)cc(OC3CCNCC3)c2)c(N)nn1. The average Bonchev–Trinajstić information content (AvgIpc) is 3.22. The molecule has 0 aliphatic carbocycles. The molecule has 3 fully saturated rings. The van der Waals surface area contributed by atoms with Crippen molar-refractivity contribution in [3.63, 3.8) is 0 Å². The molecular formula is C29H35ClN6O3. The van der Waals surface area contributed by atoms with E-state index in [4.69, 9.17) is 31.5 Å². The molecule has 0 radical (unpaired) electrons. The molecule has 2 atom stereocenters. The van der Waals surface area contributed by atoms with Gasteiger partial charge in [0.25, 0.3) is 0 Å². The third kappa shape index (κ3) is 5.57. The van der Waals surface area contributed by atoms with Crippen molar-refractivity contribution in [3.8, 4) is 22.8 Å². The van der Waals surface area contributed by atoms with E-state index in [1.807, 2.05) is 36.4 Å². The number of anilines is 3. The third-order valence-corrected chi connectivity index (χ3v) is 8.08. The number of piperidine rings is 1. The lowest BCUT2D eigenvalue weighted by molar-refractivity contribution is 0.0515. The molecule has 10 heteroatoms. The number of para-hydroxylation sites is 1. The lowest BCUT2D eigenvalue weighted by Crippen LogP contribution is -2.54. The minimum Gasteiger partial charge on any atom is -0.490 e. The highest BCUT2D eigenvalue weighted by atomic mass is 35.5. The topological polar surface area (TPSA) is 98.0 Å². The zero-order valence-corrected chi connectivity index (χ0v) is 22.9. The van der Waals surface area contributed by atoms with E-state index in [1.165, 1.54) is 0 Å². The van der Waals surface area contributed by atoms with Crippen molar-refractivity contribution in [2.24, 2.45) is 0 Å². The Balaban J connectivity index is 1.22. The number of hydrogen-bond donors (Lipinski definition) is 2. The number of fused-ring (bicyclic) bond motifs is 2. The first-order chi connectivity index (χ1) is 19.1. The Kier molecular flexibility index (Phi) is 7.63. The molecular weight excluding hydrogens is 516 g/mol. The van der Waals surface area contributed by atoms with Crippen LogP contribution < -0.4 is 30.3 Å². The second kappa shape index (κ2) is 11.5. The van der Waals surface area contributed by atoms with Gasteiger partial charge < -0.3 is 35.1 Å². The lowest BCUT2D eigenvalue weighted by atomic mass is 10.1. The highest BCUT2D eigenvalue weighted by Gasteiger charge is 2.41. The monoisotopic (exact) mass is 550 g/mol. The molecule has 0 unspecified atom stereocenters. The van der Waals surface area contributed by atoms with E-state index in [1.54, 1.807) is 7.11 Å². The standard InChI is InChI=1S/C29H35ClN6O3/c1-37-18-38-28-5-3-2-4-25(28)26-15-27(29(31)34-33-26)35-16-20-6-7-21(17-35)36(20)22-12-19(30)13-24(14-22)39-23-8-10-32-11-9-23/h2-5,12-15,20-21,23,32H,6-11,16-18H2,1H3,(H2,31,34)/t20-,21+. The Hall–Kier alpha value is -3.27. The van der Waals surface area contributed by atoms with Crippen molar-refractivity contribution in [2.75, 3.05) is 55.6 Å². The zero-order chi connectivity index (χ0) is 26.8. The number of rotatable bonds is 8. The molecule has 3 aliphatic heterocycles. The smallest absolute Gasteiger partial charge is 0.188 e. The first-order valence-corrected chi connectivity index (χ1v) is 14.0. The van der Waals surface area contributed by atoms with Gasteiger partial charge >= 0.3 is 0 Å². The molecule has 0 spiro atoms. The summed E-state index contributed by atoms with van der Waals surface area (Å²) in [5.74, 6) is 1.98. The molecule has 206 valence electrons. The molecule has 9 nitrogen and oxygen atoms in total. The number of aromatic nitrogens is 2. The summed E-state index contributed by atoms with van der Waals surface area (Å²) in [7, 11) is 1.60. The molecule has 3 saturated heterocycles. The van der Waals surface area contributed by atoms with Gasteiger partial charge in [-0.3, -0.25) is 0 Å². The van der Waals surface area contributed by atoms with Crippen LogP contribution in [0.3, 0.4) is 0 Å². The quantitative estimate of drug-likeness (QED) is 0.397. The van der Waals surface area contributed by atoms with Gasteiger partial charge in [-0.1, -0.05) is 23.7 Å². The predicted molar refractivity (Wildman–Crippen MR) is 154 cm³/mol. The number of ether oxygens (including phenoxy) is 3. The molecule has 39 heavy (non-hydrogen) atoms. The summed E-state index contributed by atoms with van der Waals surface area (Å²) < 4.78 is 17.2. The molecule has 3 aromatic rings. The first kappa shape index (κ1) is 26.0. The third-order valence-electron chi connectivity index (χ3n) is 7.86. The summed E-state index contributed by atoms with van der Waals surface area (Å²) in [6.07, 6.45) is 4.47. The Morgan fingerprint density at radius 3 is 2.54 bits per heavy atom. The molecule has 1 aromatic heterocycles. The molecule has 6 rings (SSSR count). The van der Waals surface area contributed by atoms with Gasteiger partial charge in [0.15, 0.2) is 12.6 Å². The predicted octanol–water partition coefficient (Wildman–Crippen LogP) is 4.35. The normalized spacial score (nSPS) is 21.3. The van der Waals surface area contributed by atoms with E-state index in [9.17, 15) is 0 Å². The minimum atomic E-state index is 0.158. The minimum absolute atomic E-state index is 0.158. The van der Waals surface area contributed by atoms with Crippen LogP contribution in [0, 0.1) is 0 Å². The van der Waals surface area contributed by atoms with Crippen molar-refractivity contribution < 1.29 is 14.2 Å². The highest BCUT2D eigenvalue weighted by Crippen LogP contribution is 2.41. The number of nitrogens with zero attached hydrogens (tertiary/aromatic N) is 4. The Morgan fingerprint density at radius 1 is 1.00 bits per heavy atom. The van der Waals surface area contributed by atoms with Gasteiger partial charge in [-0.25, -0.2) is 0 Å². The summed E-state index contributed by atoms with van der Waals surface area (Å²) in [6.45, 7) is 3.82. The highest BCUT2D eigenvalue weighted by molar-refractivity contribution is 6.31. The molecule has 2 bridgehead atoms. The fourth-order valence-electron chi connectivity index (χ4n) is 6.09. The van der Waals surface area contributed by atoms with Crippen molar-refractivity contribution in [1.29, 1.82) is 0 Å². The number of nitrogens with two attached hydrogens (primary N) is 1. The maximum absolute atomic E-state index is 6.59. The van der Waals surface area contributed by atoms with Gasteiger partial charge in [-0.05, 0) is 69.1 Å². The Morgan fingerprint density at radius 2 is 1.77 bits per heavy atom. The van der Waals surface area contributed by atoms with Crippen LogP contribution in [0.5, 0.6) is 11.5 Å². The fraction of sp³-hybridized carbons (Fsp3) is 0.448. The number of benzene rings is 2. The Bertz CT molecular complexity index is 1290. The van der Waals surface area contributed by atoms with Crippen LogP contribution in [-0.4, -0.2) is 68.5 Å². The van der Waals surface area contributed by atoms with E-state index in [2.05, 4.69) is 37.4 Å². The fourth-order valence-corrected chi connectivity index (χ4v) is 6.31. The largest absolute Gasteiger partial charge is 0.490 e. The van der Waals surface area contributed by atoms with E-state index in [0.717, 1.165) is 80.2 Å². The number of hydrogen-bond acceptors (Lipinski definition) is 9. The van der Waals surface area contributed by atoms with Crippen molar-refractivity contribution in [1.82, 2.24) is 15.5 Å². The van der Waals surface area contributed by atoms with Crippen LogP contribution in [0.2, 0.25) is 5.02 Å². The summed E-state index contributed by atoms with van der Waals surface area (Å²) in [4.78, 5) is 4.87. The zero-order valence-electron chi connectivity index (χ0n) is 22.2. The number of halogens is 1. The van der Waals surface area contributed by atoms with Crippen molar-refractivity contribution >= 4 is 28.8 Å². The maximum atomic E-state index is 6.59. The number of nitrogens with one attached hydrogen (secondary N) is 1. The van der Waals surface area contributed by atoms with Crippen molar-refractivity contribution in [3.05, 3.63) is 53.6 Å². The van der Waals surface area contributed by atoms with Crippen LogP contribution in [0.25, 0.3) is 11.3 Å². The van der Waals surface area contributed by atoms with Crippen LogP contribution >= 0.6 is 11.6 Å². The number of piperazine rings is 1. The van der Waals surface area contributed by atoms with Crippen LogP contribution in [0.4, 0.5) is 17.2 Å². The van der Waals surface area contributed by atoms with E-state index >= 15 is 0 Å². The molecule has 4 heterocycles. The maximum Gasteiger partial charge on any atom is 0.188 e. The average molecular weight is 551 g/mol. The summed E-state index contributed by atoms with van der Waals surface area (Å²) >= 11 is 6.59. The van der Waals surface area contributed by atoms with Gasteiger partial charge in [-0.2, -0.15) is 0 Å².